The van der Waals surface area contributed by atoms with E-state index in [1.165, 1.54) is 42.9 Å². The second-order valence-corrected chi connectivity index (χ2v) is 6.10. The minimum atomic E-state index is 0.461. The minimum Gasteiger partial charge on any atom is -0.294 e. The number of thiazole rings is 1. The monoisotopic (exact) mass is 272 g/mol. The normalized spacial score (nSPS) is 18.3. The molecule has 2 aromatic rings. The van der Waals surface area contributed by atoms with Crippen LogP contribution in [0.5, 0.6) is 0 Å². The molecule has 1 aliphatic heterocycles. The van der Waals surface area contributed by atoms with Crippen molar-refractivity contribution < 1.29 is 0 Å². The number of hydrogen-bond donors (Lipinski definition) is 0. The lowest BCUT2D eigenvalue weighted by Crippen LogP contribution is -2.34. The summed E-state index contributed by atoms with van der Waals surface area (Å²) in [5, 5.41) is 3.36. The molecule has 0 aliphatic carbocycles. The Labute approximate surface area is 119 Å². The molecule has 2 nitrogen and oxygen atoms in total. The highest BCUT2D eigenvalue weighted by molar-refractivity contribution is 7.09. The van der Waals surface area contributed by atoms with Gasteiger partial charge in [0.1, 0.15) is 5.01 Å². The van der Waals surface area contributed by atoms with Gasteiger partial charge in [0.05, 0.1) is 6.04 Å². The van der Waals surface area contributed by atoms with Crippen LogP contribution >= 0.6 is 11.3 Å². The van der Waals surface area contributed by atoms with Gasteiger partial charge in [-0.05, 0) is 37.9 Å². The molecule has 3 rings (SSSR count). The molecule has 3 heteroatoms. The standard InChI is InChI=1S/C16H20N2S/c1-3-7-14(8-4-1)13-15(16-17-9-12-19-16)18-10-5-2-6-11-18/h1,3-4,7-9,12,15H,2,5-6,10-11,13H2. The molecule has 0 spiro atoms. The van der Waals surface area contributed by atoms with Crippen LogP contribution in [0.2, 0.25) is 0 Å². The molecule has 100 valence electrons. The Balaban J connectivity index is 1.80. The lowest BCUT2D eigenvalue weighted by Gasteiger charge is -2.33. The van der Waals surface area contributed by atoms with Crippen LogP contribution in [-0.2, 0) is 6.42 Å². The number of piperidine rings is 1. The smallest absolute Gasteiger partial charge is 0.110 e. The van der Waals surface area contributed by atoms with Gasteiger partial charge >= 0.3 is 0 Å². The molecule has 1 saturated heterocycles. The summed E-state index contributed by atoms with van der Waals surface area (Å²) in [5.74, 6) is 0. The van der Waals surface area contributed by atoms with Crippen molar-refractivity contribution in [3.8, 4) is 0 Å². The van der Waals surface area contributed by atoms with Gasteiger partial charge in [0.2, 0.25) is 0 Å². The van der Waals surface area contributed by atoms with Crippen molar-refractivity contribution >= 4 is 11.3 Å². The molecule has 0 N–H and O–H groups in total. The molecule has 1 aromatic heterocycles. The zero-order chi connectivity index (χ0) is 12.9. The number of benzene rings is 1. The Morgan fingerprint density at radius 3 is 2.58 bits per heavy atom. The number of hydrogen-bond acceptors (Lipinski definition) is 3. The van der Waals surface area contributed by atoms with E-state index in [1.807, 2.05) is 6.20 Å². The maximum absolute atomic E-state index is 4.56. The van der Waals surface area contributed by atoms with Gasteiger partial charge in [0.25, 0.3) is 0 Å². The predicted octanol–water partition coefficient (Wildman–Crippen LogP) is 3.91. The summed E-state index contributed by atoms with van der Waals surface area (Å²) in [6.07, 6.45) is 7.05. The summed E-state index contributed by atoms with van der Waals surface area (Å²) in [6, 6.07) is 11.3. The summed E-state index contributed by atoms with van der Waals surface area (Å²) < 4.78 is 0. The van der Waals surface area contributed by atoms with Gasteiger partial charge < -0.3 is 0 Å². The van der Waals surface area contributed by atoms with Crippen LogP contribution in [0, 0.1) is 0 Å². The van der Waals surface area contributed by atoms with E-state index in [0.29, 0.717) is 6.04 Å². The van der Waals surface area contributed by atoms with Crippen LogP contribution in [0.4, 0.5) is 0 Å². The molecular formula is C16H20N2S. The fourth-order valence-corrected chi connectivity index (χ4v) is 3.61. The van der Waals surface area contributed by atoms with E-state index >= 15 is 0 Å². The highest BCUT2D eigenvalue weighted by Crippen LogP contribution is 2.29. The molecule has 0 bridgehead atoms. The van der Waals surface area contributed by atoms with Gasteiger partial charge in [-0.1, -0.05) is 36.8 Å². The average Bonchev–Trinajstić information content (AvgIpc) is 3.01. The van der Waals surface area contributed by atoms with Crippen molar-refractivity contribution in [2.45, 2.75) is 31.7 Å². The molecule has 1 aliphatic rings. The van der Waals surface area contributed by atoms with Crippen LogP contribution in [-0.4, -0.2) is 23.0 Å². The van der Waals surface area contributed by atoms with Crippen molar-refractivity contribution in [3.63, 3.8) is 0 Å². The molecule has 0 radical (unpaired) electrons. The minimum absolute atomic E-state index is 0.461. The molecule has 1 atom stereocenters. The van der Waals surface area contributed by atoms with Gasteiger partial charge in [-0.25, -0.2) is 4.98 Å². The SMILES string of the molecule is c1ccc(CC(c2nccs2)N2CCCCC2)cc1. The first-order valence-electron chi connectivity index (χ1n) is 7.11. The summed E-state index contributed by atoms with van der Waals surface area (Å²) in [4.78, 5) is 7.19. The fourth-order valence-electron chi connectivity index (χ4n) is 2.84. The van der Waals surface area contributed by atoms with Gasteiger partial charge in [0.15, 0.2) is 0 Å². The summed E-state index contributed by atoms with van der Waals surface area (Å²) in [5.41, 5.74) is 1.41. The maximum Gasteiger partial charge on any atom is 0.110 e. The summed E-state index contributed by atoms with van der Waals surface area (Å²) in [6.45, 7) is 2.44. The Hall–Kier alpha value is -1.19. The molecule has 1 unspecified atom stereocenters. The first-order chi connectivity index (χ1) is 9.43. The van der Waals surface area contributed by atoms with E-state index in [0.717, 1.165) is 6.42 Å². The topological polar surface area (TPSA) is 16.1 Å². The van der Waals surface area contributed by atoms with Crippen LogP contribution in [0.3, 0.4) is 0 Å². The molecule has 0 saturated carbocycles. The molecule has 2 heterocycles. The Bertz CT molecular complexity index is 475. The molecule has 19 heavy (non-hydrogen) atoms. The van der Waals surface area contributed by atoms with Crippen molar-refractivity contribution in [1.29, 1.82) is 0 Å². The van der Waals surface area contributed by atoms with Gasteiger partial charge in [0, 0.05) is 11.6 Å². The number of nitrogens with zero attached hydrogens (tertiary/aromatic N) is 2. The summed E-state index contributed by atoms with van der Waals surface area (Å²) >= 11 is 1.79. The van der Waals surface area contributed by atoms with Crippen molar-refractivity contribution in [1.82, 2.24) is 9.88 Å². The lowest BCUT2D eigenvalue weighted by atomic mass is 10.0. The van der Waals surface area contributed by atoms with Crippen LogP contribution in [0.15, 0.2) is 41.9 Å². The summed E-state index contributed by atoms with van der Waals surface area (Å²) in [7, 11) is 0. The molecule has 0 amide bonds. The van der Waals surface area contributed by atoms with Crippen LogP contribution in [0.1, 0.15) is 35.9 Å². The molecule has 1 fully saturated rings. The van der Waals surface area contributed by atoms with Crippen LogP contribution in [0.25, 0.3) is 0 Å². The third-order valence-electron chi connectivity index (χ3n) is 3.84. The lowest BCUT2D eigenvalue weighted by molar-refractivity contribution is 0.162. The van der Waals surface area contributed by atoms with Gasteiger partial charge in [-0.2, -0.15) is 0 Å². The first kappa shape index (κ1) is 12.8. The van der Waals surface area contributed by atoms with E-state index in [-0.39, 0.29) is 0 Å². The zero-order valence-corrected chi connectivity index (χ0v) is 12.0. The Morgan fingerprint density at radius 1 is 1.11 bits per heavy atom. The van der Waals surface area contributed by atoms with E-state index in [1.54, 1.807) is 11.3 Å². The number of likely N-dealkylation sites (tertiary alicyclic amines) is 1. The van der Waals surface area contributed by atoms with Crippen molar-refractivity contribution in [2.75, 3.05) is 13.1 Å². The fraction of sp³-hybridized carbons (Fsp3) is 0.438. The first-order valence-corrected chi connectivity index (χ1v) is 7.99. The third kappa shape index (κ3) is 3.23. The van der Waals surface area contributed by atoms with Crippen molar-refractivity contribution in [2.24, 2.45) is 0 Å². The molecular weight excluding hydrogens is 252 g/mol. The van der Waals surface area contributed by atoms with E-state index in [4.69, 9.17) is 0 Å². The highest BCUT2D eigenvalue weighted by atomic mass is 32.1. The van der Waals surface area contributed by atoms with Gasteiger partial charge in [-0.3, -0.25) is 4.90 Å². The Morgan fingerprint density at radius 2 is 1.89 bits per heavy atom. The quantitative estimate of drug-likeness (QED) is 0.839. The second kappa shape index (κ2) is 6.31. The van der Waals surface area contributed by atoms with E-state index in [9.17, 15) is 0 Å². The second-order valence-electron chi connectivity index (χ2n) is 5.17. The predicted molar refractivity (Wildman–Crippen MR) is 80.4 cm³/mol. The van der Waals surface area contributed by atoms with E-state index < -0.39 is 0 Å². The highest BCUT2D eigenvalue weighted by Gasteiger charge is 2.24. The molecule has 1 aromatic carbocycles. The average molecular weight is 272 g/mol. The Kier molecular flexibility index (Phi) is 4.26. The maximum atomic E-state index is 4.56. The number of rotatable bonds is 4. The number of aromatic nitrogens is 1. The van der Waals surface area contributed by atoms with Gasteiger partial charge in [-0.15, -0.1) is 11.3 Å². The zero-order valence-electron chi connectivity index (χ0n) is 11.2. The van der Waals surface area contributed by atoms with Crippen molar-refractivity contribution in [3.05, 3.63) is 52.5 Å². The van der Waals surface area contributed by atoms with Crippen LogP contribution < -0.4 is 0 Å². The van der Waals surface area contributed by atoms with E-state index in [2.05, 4.69) is 45.6 Å². The largest absolute Gasteiger partial charge is 0.294 e. The third-order valence-corrected chi connectivity index (χ3v) is 4.72.